The van der Waals surface area contributed by atoms with Crippen molar-refractivity contribution in [3.63, 3.8) is 0 Å². The van der Waals surface area contributed by atoms with Crippen molar-refractivity contribution in [2.45, 2.75) is 13.3 Å². The maximum absolute atomic E-state index is 3.36. The summed E-state index contributed by atoms with van der Waals surface area (Å²) in [4.78, 5) is 0. The first kappa shape index (κ1) is 13.4. The van der Waals surface area contributed by atoms with Crippen LogP contribution in [0.1, 0.15) is 16.7 Å². The van der Waals surface area contributed by atoms with Crippen LogP contribution in [-0.4, -0.2) is 13.1 Å². The second-order valence-electron chi connectivity index (χ2n) is 4.52. The summed E-state index contributed by atoms with van der Waals surface area (Å²) >= 11 is 0. The molecule has 0 aliphatic carbocycles. The minimum Gasteiger partial charge on any atom is -0.306 e. The van der Waals surface area contributed by atoms with Crippen LogP contribution < -0.4 is 5.32 Å². The smallest absolute Gasteiger partial charge is 0.0580 e. The van der Waals surface area contributed by atoms with E-state index in [2.05, 4.69) is 48.3 Å². The van der Waals surface area contributed by atoms with E-state index in [0.717, 1.165) is 25.1 Å². The predicted molar refractivity (Wildman–Crippen MR) is 81.1 cm³/mol. The van der Waals surface area contributed by atoms with Crippen LogP contribution in [0.4, 0.5) is 0 Å². The molecule has 0 unspecified atom stereocenters. The Morgan fingerprint density at radius 2 is 1.68 bits per heavy atom. The van der Waals surface area contributed by atoms with Gasteiger partial charge in [-0.15, -0.1) is 0 Å². The first-order valence-electron chi connectivity index (χ1n) is 6.65. The van der Waals surface area contributed by atoms with Gasteiger partial charge in [0, 0.05) is 12.1 Å². The monoisotopic (exact) mass is 249 g/mol. The van der Waals surface area contributed by atoms with Crippen molar-refractivity contribution in [1.29, 1.82) is 0 Å². The lowest BCUT2D eigenvalue weighted by atomic mass is 10.1. The Kier molecular flexibility index (Phi) is 5.22. The van der Waals surface area contributed by atoms with Crippen LogP contribution in [-0.2, 0) is 6.42 Å². The third kappa shape index (κ3) is 4.62. The predicted octanol–water partition coefficient (Wildman–Crippen LogP) is 3.18. The van der Waals surface area contributed by atoms with E-state index in [-0.39, 0.29) is 0 Å². The maximum atomic E-state index is 3.36. The van der Waals surface area contributed by atoms with Gasteiger partial charge in [-0.2, -0.15) is 0 Å². The molecule has 0 saturated heterocycles. The molecule has 1 nitrogen and oxygen atoms in total. The van der Waals surface area contributed by atoms with Crippen molar-refractivity contribution in [2.24, 2.45) is 0 Å². The van der Waals surface area contributed by atoms with Gasteiger partial charge < -0.3 is 5.32 Å². The van der Waals surface area contributed by atoms with Gasteiger partial charge in [0.05, 0.1) is 6.54 Å². The zero-order chi connectivity index (χ0) is 13.3. The quantitative estimate of drug-likeness (QED) is 0.648. The molecular formula is C18H19N. The molecule has 96 valence electrons. The molecule has 19 heavy (non-hydrogen) atoms. The third-order valence-electron chi connectivity index (χ3n) is 3.05. The van der Waals surface area contributed by atoms with Gasteiger partial charge in [0.2, 0.25) is 0 Å². The lowest BCUT2D eigenvalue weighted by Crippen LogP contribution is -2.17. The Hall–Kier alpha value is -2.04. The number of benzene rings is 2. The number of hydrogen-bond donors (Lipinski definition) is 1. The maximum Gasteiger partial charge on any atom is 0.0580 e. The van der Waals surface area contributed by atoms with Crippen molar-refractivity contribution in [3.8, 4) is 11.8 Å². The van der Waals surface area contributed by atoms with Crippen LogP contribution in [0.15, 0.2) is 54.6 Å². The zero-order valence-electron chi connectivity index (χ0n) is 11.3. The Morgan fingerprint density at radius 3 is 2.47 bits per heavy atom. The highest BCUT2D eigenvalue weighted by atomic mass is 14.8. The van der Waals surface area contributed by atoms with E-state index in [1.165, 1.54) is 11.1 Å². The average Bonchev–Trinajstić information content (AvgIpc) is 2.45. The van der Waals surface area contributed by atoms with Gasteiger partial charge in [-0.3, -0.25) is 0 Å². The van der Waals surface area contributed by atoms with Crippen molar-refractivity contribution in [2.75, 3.05) is 13.1 Å². The lowest BCUT2D eigenvalue weighted by Gasteiger charge is -2.04. The second kappa shape index (κ2) is 7.41. The summed E-state index contributed by atoms with van der Waals surface area (Å²) in [6.45, 7) is 3.86. The van der Waals surface area contributed by atoms with Crippen LogP contribution in [0.25, 0.3) is 0 Å². The van der Waals surface area contributed by atoms with Gasteiger partial charge in [-0.25, -0.2) is 0 Å². The van der Waals surface area contributed by atoms with Gasteiger partial charge in [0.25, 0.3) is 0 Å². The van der Waals surface area contributed by atoms with Crippen LogP contribution in [0, 0.1) is 18.8 Å². The summed E-state index contributed by atoms with van der Waals surface area (Å²) < 4.78 is 0. The summed E-state index contributed by atoms with van der Waals surface area (Å²) in [6.07, 6.45) is 1.06. The third-order valence-corrected chi connectivity index (χ3v) is 3.05. The summed E-state index contributed by atoms with van der Waals surface area (Å²) in [7, 11) is 0. The van der Waals surface area contributed by atoms with Gasteiger partial charge in [0.1, 0.15) is 0 Å². The fourth-order valence-electron chi connectivity index (χ4n) is 1.93. The molecule has 0 bridgehead atoms. The minimum absolute atomic E-state index is 0.737. The molecule has 0 radical (unpaired) electrons. The Morgan fingerprint density at radius 1 is 0.947 bits per heavy atom. The van der Waals surface area contributed by atoms with E-state index in [0.29, 0.717) is 0 Å². The summed E-state index contributed by atoms with van der Waals surface area (Å²) in [5.74, 6) is 6.28. The fraction of sp³-hybridized carbons (Fsp3) is 0.222. The molecule has 2 rings (SSSR count). The molecule has 2 aromatic carbocycles. The summed E-state index contributed by atoms with van der Waals surface area (Å²) in [5.41, 5.74) is 3.84. The molecule has 1 heteroatoms. The van der Waals surface area contributed by atoms with Crippen LogP contribution in [0.2, 0.25) is 0 Å². The number of rotatable bonds is 4. The van der Waals surface area contributed by atoms with Gasteiger partial charge in [-0.1, -0.05) is 54.3 Å². The van der Waals surface area contributed by atoms with Crippen LogP contribution in [0.5, 0.6) is 0 Å². The van der Waals surface area contributed by atoms with E-state index < -0.39 is 0 Å². The topological polar surface area (TPSA) is 12.0 Å². The highest BCUT2D eigenvalue weighted by Gasteiger charge is 1.95. The standard InChI is InChI=1S/C18H19N/c1-16-8-5-6-12-18(16)13-15-19-14-7-11-17-9-3-2-4-10-17/h2-6,8-10,12,19H,13-15H2,1H3. The van der Waals surface area contributed by atoms with E-state index >= 15 is 0 Å². The van der Waals surface area contributed by atoms with Crippen molar-refractivity contribution >= 4 is 0 Å². The number of aryl methyl sites for hydroxylation is 1. The molecule has 0 amide bonds. The van der Waals surface area contributed by atoms with Gasteiger partial charge >= 0.3 is 0 Å². The Labute approximate surface area is 115 Å². The molecule has 0 saturated carbocycles. The Balaban J connectivity index is 1.71. The molecule has 0 aliphatic rings. The van der Waals surface area contributed by atoms with Crippen LogP contribution in [0.3, 0.4) is 0 Å². The molecular weight excluding hydrogens is 230 g/mol. The van der Waals surface area contributed by atoms with Crippen LogP contribution >= 0.6 is 0 Å². The van der Waals surface area contributed by atoms with Crippen molar-refractivity contribution in [3.05, 3.63) is 71.3 Å². The molecule has 0 spiro atoms. The molecule has 0 aliphatic heterocycles. The largest absolute Gasteiger partial charge is 0.306 e. The SMILES string of the molecule is Cc1ccccc1CCNCC#Cc1ccccc1. The lowest BCUT2D eigenvalue weighted by molar-refractivity contribution is 0.751. The fourth-order valence-corrected chi connectivity index (χ4v) is 1.93. The summed E-state index contributed by atoms with van der Waals surface area (Å²) in [5, 5.41) is 3.36. The average molecular weight is 249 g/mol. The zero-order valence-corrected chi connectivity index (χ0v) is 11.3. The molecule has 1 N–H and O–H groups in total. The highest BCUT2D eigenvalue weighted by molar-refractivity contribution is 5.33. The minimum atomic E-state index is 0.737. The van der Waals surface area contributed by atoms with Gasteiger partial charge in [-0.05, 0) is 36.6 Å². The number of hydrogen-bond acceptors (Lipinski definition) is 1. The molecule has 0 fully saturated rings. The molecule has 2 aromatic rings. The number of nitrogens with one attached hydrogen (secondary N) is 1. The van der Waals surface area contributed by atoms with E-state index in [9.17, 15) is 0 Å². The molecule has 0 atom stereocenters. The first-order chi connectivity index (χ1) is 9.36. The van der Waals surface area contributed by atoms with Gasteiger partial charge in [0.15, 0.2) is 0 Å². The van der Waals surface area contributed by atoms with Crippen molar-refractivity contribution in [1.82, 2.24) is 5.32 Å². The highest BCUT2D eigenvalue weighted by Crippen LogP contribution is 2.06. The summed E-state index contributed by atoms with van der Waals surface area (Å²) in [6, 6.07) is 18.6. The van der Waals surface area contributed by atoms with E-state index in [1.807, 2.05) is 30.3 Å². The second-order valence-corrected chi connectivity index (χ2v) is 4.52. The molecule has 0 aromatic heterocycles. The first-order valence-corrected chi connectivity index (χ1v) is 6.65. The Bertz CT molecular complexity index is 561. The van der Waals surface area contributed by atoms with E-state index in [4.69, 9.17) is 0 Å². The van der Waals surface area contributed by atoms with Crippen molar-refractivity contribution < 1.29 is 0 Å². The van der Waals surface area contributed by atoms with E-state index in [1.54, 1.807) is 0 Å². The normalized spacial score (nSPS) is 9.74. The molecule has 0 heterocycles.